The van der Waals surface area contributed by atoms with Crippen molar-refractivity contribution in [1.82, 2.24) is 0 Å². The van der Waals surface area contributed by atoms with Crippen LogP contribution in [0.3, 0.4) is 0 Å². The number of anilines is 3. The molecule has 9 aromatic carbocycles. The van der Waals surface area contributed by atoms with Gasteiger partial charge in [-0.15, -0.1) is 0 Å². The molecule has 0 N–H and O–H groups in total. The summed E-state index contributed by atoms with van der Waals surface area (Å²) in [5.74, 6) is 0. The van der Waals surface area contributed by atoms with Crippen LogP contribution in [0.5, 0.6) is 0 Å². The summed E-state index contributed by atoms with van der Waals surface area (Å²) in [6, 6.07) is 62.6. The molecule has 0 saturated carbocycles. The summed E-state index contributed by atoms with van der Waals surface area (Å²) in [7, 11) is 0. The topological polar surface area (TPSA) is 29.5 Å². The quantitative estimate of drug-likeness (QED) is 0.177. The maximum absolute atomic E-state index is 6.52. The lowest BCUT2D eigenvalue weighted by atomic mass is 9.95. The van der Waals surface area contributed by atoms with Gasteiger partial charge in [-0.05, 0) is 110 Å². The molecule has 0 aliphatic rings. The zero-order valence-corrected chi connectivity index (χ0v) is 27.5. The lowest BCUT2D eigenvalue weighted by molar-refractivity contribution is 0.668. The minimum Gasteiger partial charge on any atom is -0.456 e. The van der Waals surface area contributed by atoms with Crippen LogP contribution in [0.25, 0.3) is 87.3 Å². The fourth-order valence-corrected chi connectivity index (χ4v) is 7.99. The van der Waals surface area contributed by atoms with Gasteiger partial charge in [-0.25, -0.2) is 0 Å². The van der Waals surface area contributed by atoms with Gasteiger partial charge >= 0.3 is 0 Å². The summed E-state index contributed by atoms with van der Waals surface area (Å²) < 4.78 is 13.0. The molecule has 11 aromatic rings. The Hall–Kier alpha value is -6.84. The second-order valence-corrected chi connectivity index (χ2v) is 13.3. The molecule has 0 aliphatic heterocycles. The highest BCUT2D eigenvalue weighted by Gasteiger charge is 2.19. The van der Waals surface area contributed by atoms with Gasteiger partial charge in [-0.3, -0.25) is 0 Å². The van der Waals surface area contributed by atoms with E-state index in [9.17, 15) is 0 Å². The zero-order valence-electron chi connectivity index (χ0n) is 27.5. The summed E-state index contributed by atoms with van der Waals surface area (Å²) in [4.78, 5) is 2.30. The lowest BCUT2D eigenvalue weighted by Crippen LogP contribution is -2.09. The predicted octanol–water partition coefficient (Wildman–Crippen LogP) is 14.1. The van der Waals surface area contributed by atoms with Crippen molar-refractivity contribution in [3.05, 3.63) is 176 Å². The fraction of sp³-hybridized carbons (Fsp3) is 0. The molecule has 0 atom stereocenters. The van der Waals surface area contributed by atoms with E-state index in [4.69, 9.17) is 8.83 Å². The van der Waals surface area contributed by atoms with Crippen LogP contribution < -0.4 is 4.90 Å². The first-order valence-corrected chi connectivity index (χ1v) is 17.3. The lowest BCUT2D eigenvalue weighted by Gasteiger charge is -2.25. The van der Waals surface area contributed by atoms with Gasteiger partial charge in [0.2, 0.25) is 0 Å². The number of furan rings is 2. The van der Waals surface area contributed by atoms with E-state index < -0.39 is 0 Å². The summed E-state index contributed by atoms with van der Waals surface area (Å²) in [6.07, 6.45) is 0. The van der Waals surface area contributed by atoms with Crippen molar-refractivity contribution in [2.24, 2.45) is 0 Å². The summed E-state index contributed by atoms with van der Waals surface area (Å²) in [6.45, 7) is 0. The minimum absolute atomic E-state index is 0.861. The van der Waals surface area contributed by atoms with Crippen molar-refractivity contribution in [1.29, 1.82) is 0 Å². The van der Waals surface area contributed by atoms with Crippen LogP contribution in [-0.4, -0.2) is 0 Å². The van der Waals surface area contributed by atoms with E-state index >= 15 is 0 Å². The number of rotatable bonds is 4. The van der Waals surface area contributed by atoms with Crippen molar-refractivity contribution in [3.63, 3.8) is 0 Å². The molecule has 2 aromatic heterocycles. The van der Waals surface area contributed by atoms with Gasteiger partial charge < -0.3 is 13.7 Å². The van der Waals surface area contributed by atoms with Crippen molar-refractivity contribution in [2.75, 3.05) is 4.90 Å². The first kappa shape index (κ1) is 28.0. The fourth-order valence-electron chi connectivity index (χ4n) is 7.99. The van der Waals surface area contributed by atoms with Crippen LogP contribution >= 0.6 is 0 Å². The summed E-state index contributed by atoms with van der Waals surface area (Å²) in [5.41, 5.74) is 8.94. The molecule has 0 bridgehead atoms. The highest BCUT2D eigenvalue weighted by atomic mass is 16.3. The van der Waals surface area contributed by atoms with Crippen molar-refractivity contribution >= 4 is 93.3 Å². The molecule has 0 unspecified atom stereocenters. The molecule has 0 saturated heterocycles. The second-order valence-electron chi connectivity index (χ2n) is 13.3. The number of para-hydroxylation sites is 1. The molecule has 2 heterocycles. The highest BCUT2D eigenvalue weighted by molar-refractivity contribution is 6.15. The molecular formula is C48H29NO2. The second kappa shape index (κ2) is 10.8. The Morgan fingerprint density at radius 2 is 1.00 bits per heavy atom. The predicted molar refractivity (Wildman–Crippen MR) is 214 cm³/mol. The SMILES string of the molecule is c1ccc(N(c2ccc3c(c2)oc2cc4ccccc4cc23)c2ccc3oc4cccc(-c5ccc6c(ccc7ccccc76)c5)c4c3c2)cc1. The molecule has 3 nitrogen and oxygen atoms in total. The van der Waals surface area contributed by atoms with Crippen molar-refractivity contribution in [3.8, 4) is 11.1 Å². The largest absolute Gasteiger partial charge is 0.456 e. The van der Waals surface area contributed by atoms with Crippen LogP contribution in [0.4, 0.5) is 17.1 Å². The summed E-state index contributed by atoms with van der Waals surface area (Å²) >= 11 is 0. The van der Waals surface area contributed by atoms with Gasteiger partial charge in [0.05, 0.1) is 0 Å². The molecule has 238 valence electrons. The third kappa shape index (κ3) is 4.38. The number of hydrogen-bond donors (Lipinski definition) is 0. The van der Waals surface area contributed by atoms with E-state index in [2.05, 4.69) is 181 Å². The van der Waals surface area contributed by atoms with Crippen LogP contribution in [0, 0.1) is 0 Å². The van der Waals surface area contributed by atoms with Crippen LogP contribution in [0.1, 0.15) is 0 Å². The molecule has 0 radical (unpaired) electrons. The van der Waals surface area contributed by atoms with Crippen molar-refractivity contribution < 1.29 is 8.83 Å². The Balaban J connectivity index is 1.09. The Bertz CT molecular complexity index is 3150. The van der Waals surface area contributed by atoms with E-state index in [0.29, 0.717) is 0 Å². The van der Waals surface area contributed by atoms with Crippen molar-refractivity contribution in [2.45, 2.75) is 0 Å². The van der Waals surface area contributed by atoms with Gasteiger partial charge in [0, 0.05) is 44.7 Å². The van der Waals surface area contributed by atoms with Gasteiger partial charge in [0.25, 0.3) is 0 Å². The molecule has 11 rings (SSSR count). The first-order chi connectivity index (χ1) is 25.2. The molecule has 0 fully saturated rings. The highest BCUT2D eigenvalue weighted by Crippen LogP contribution is 2.43. The number of hydrogen-bond acceptors (Lipinski definition) is 3. The van der Waals surface area contributed by atoms with Crippen LogP contribution in [-0.2, 0) is 0 Å². The van der Waals surface area contributed by atoms with E-state index in [0.717, 1.165) is 66.5 Å². The van der Waals surface area contributed by atoms with E-state index in [1.165, 1.54) is 37.9 Å². The summed E-state index contributed by atoms with van der Waals surface area (Å²) in [5, 5.41) is 11.8. The van der Waals surface area contributed by atoms with Crippen LogP contribution in [0.15, 0.2) is 185 Å². The number of benzene rings is 9. The standard InChI is InChI=1S/C48H29NO2/c1-2-12-35(13-3-1)49(37-20-23-41-42-26-31-10-4-5-11-32(31)27-46(42)51-47(41)29-37)36-21-24-44-43(28-36)48-40(15-8-16-45(48)50-44)34-19-22-39-33(25-34)18-17-30-9-6-7-14-38(30)39/h1-29H. The Morgan fingerprint density at radius 1 is 0.314 bits per heavy atom. The van der Waals surface area contributed by atoms with E-state index in [1.807, 2.05) is 0 Å². The Labute approximate surface area is 293 Å². The number of fused-ring (bicyclic) bond motifs is 10. The smallest absolute Gasteiger partial charge is 0.137 e. The van der Waals surface area contributed by atoms with Gasteiger partial charge in [-0.1, -0.05) is 103 Å². The molecular weight excluding hydrogens is 623 g/mol. The monoisotopic (exact) mass is 651 g/mol. The third-order valence-corrected chi connectivity index (χ3v) is 10.4. The maximum atomic E-state index is 6.52. The molecule has 51 heavy (non-hydrogen) atoms. The van der Waals surface area contributed by atoms with E-state index in [1.54, 1.807) is 0 Å². The minimum atomic E-state index is 0.861. The molecule has 0 spiro atoms. The van der Waals surface area contributed by atoms with Gasteiger partial charge in [0.15, 0.2) is 0 Å². The molecule has 0 aliphatic carbocycles. The number of nitrogens with zero attached hydrogens (tertiary/aromatic N) is 1. The third-order valence-electron chi connectivity index (χ3n) is 10.4. The average Bonchev–Trinajstić information content (AvgIpc) is 3.74. The zero-order chi connectivity index (χ0) is 33.5. The Kier molecular flexibility index (Phi) is 5.96. The molecule has 0 amide bonds. The first-order valence-electron chi connectivity index (χ1n) is 17.3. The van der Waals surface area contributed by atoms with E-state index in [-0.39, 0.29) is 0 Å². The molecule has 3 heteroatoms. The normalized spacial score (nSPS) is 11.9. The van der Waals surface area contributed by atoms with Crippen LogP contribution in [0.2, 0.25) is 0 Å². The van der Waals surface area contributed by atoms with Gasteiger partial charge in [-0.2, -0.15) is 0 Å². The Morgan fingerprint density at radius 3 is 1.90 bits per heavy atom. The van der Waals surface area contributed by atoms with Gasteiger partial charge in [0.1, 0.15) is 22.3 Å². The maximum Gasteiger partial charge on any atom is 0.137 e. The average molecular weight is 652 g/mol.